The van der Waals surface area contributed by atoms with E-state index in [1.165, 1.54) is 0 Å². The molecule has 0 radical (unpaired) electrons. The van der Waals surface area contributed by atoms with Crippen LogP contribution in [0.25, 0.3) is 0 Å². The second-order valence-electron chi connectivity index (χ2n) is 4.44. The fraction of sp³-hybridized carbons (Fsp3) is 1.00. The van der Waals surface area contributed by atoms with E-state index in [1.54, 1.807) is 0 Å². The number of aliphatic hydroxyl groups is 1. The zero-order chi connectivity index (χ0) is 12.1. The Morgan fingerprint density at radius 3 is 2.07 bits per heavy atom. The molecule has 0 aliphatic rings. The van der Waals surface area contributed by atoms with Crippen LogP contribution in [0.1, 0.15) is 20.8 Å². The van der Waals surface area contributed by atoms with Gasteiger partial charge in [0, 0.05) is 25.2 Å². The average Bonchev–Trinajstić information content (AvgIpc) is 1.99. The van der Waals surface area contributed by atoms with E-state index in [0.717, 1.165) is 0 Å². The van der Waals surface area contributed by atoms with Crippen LogP contribution < -0.4 is 10.6 Å². The van der Waals surface area contributed by atoms with Crippen LogP contribution in [0.2, 0.25) is 0 Å². The van der Waals surface area contributed by atoms with E-state index in [9.17, 15) is 13.2 Å². The molecule has 1 unspecified atom stereocenters. The minimum Gasteiger partial charge on any atom is -0.382 e. The van der Waals surface area contributed by atoms with Gasteiger partial charge in [0.25, 0.3) is 0 Å². The molecular weight excluding hydrogens is 209 g/mol. The van der Waals surface area contributed by atoms with Crippen molar-refractivity contribution in [3.63, 3.8) is 0 Å². The van der Waals surface area contributed by atoms with Crippen LogP contribution in [0.15, 0.2) is 0 Å². The Morgan fingerprint density at radius 1 is 1.13 bits per heavy atom. The lowest BCUT2D eigenvalue weighted by atomic mass is 10.1. The summed E-state index contributed by atoms with van der Waals surface area (Å²) in [5.41, 5.74) is -0.0513. The predicted molar refractivity (Wildman–Crippen MR) is 52.7 cm³/mol. The number of alkyl halides is 3. The highest BCUT2D eigenvalue weighted by Gasteiger charge is 2.37. The topological polar surface area (TPSA) is 44.3 Å². The predicted octanol–water partition coefficient (Wildman–Crippen LogP) is 0.887. The SMILES string of the molecule is CC(C)(C)NCCNCC(O)C(F)(F)F. The molecule has 0 aromatic rings. The normalized spacial score (nSPS) is 15.4. The van der Waals surface area contributed by atoms with Gasteiger partial charge in [-0.25, -0.2) is 0 Å². The second-order valence-corrected chi connectivity index (χ2v) is 4.44. The quantitative estimate of drug-likeness (QED) is 0.612. The van der Waals surface area contributed by atoms with Gasteiger partial charge >= 0.3 is 6.18 Å². The molecule has 0 bridgehead atoms. The van der Waals surface area contributed by atoms with E-state index in [2.05, 4.69) is 10.6 Å². The van der Waals surface area contributed by atoms with Crippen molar-refractivity contribution in [1.82, 2.24) is 10.6 Å². The van der Waals surface area contributed by atoms with Crippen molar-refractivity contribution in [2.45, 2.75) is 38.6 Å². The van der Waals surface area contributed by atoms with Crippen molar-refractivity contribution in [2.75, 3.05) is 19.6 Å². The number of nitrogens with one attached hydrogen (secondary N) is 2. The van der Waals surface area contributed by atoms with Crippen molar-refractivity contribution in [3.8, 4) is 0 Å². The standard InChI is InChI=1S/C9H19F3N2O/c1-8(2,3)14-5-4-13-6-7(15)9(10,11)12/h7,13-15H,4-6H2,1-3H3. The molecule has 0 aliphatic carbocycles. The summed E-state index contributed by atoms with van der Waals surface area (Å²) in [6.07, 6.45) is -6.82. The van der Waals surface area contributed by atoms with E-state index in [-0.39, 0.29) is 5.54 Å². The van der Waals surface area contributed by atoms with Gasteiger partial charge in [-0.05, 0) is 20.8 Å². The first-order valence-corrected chi connectivity index (χ1v) is 4.83. The van der Waals surface area contributed by atoms with Gasteiger partial charge in [-0.2, -0.15) is 13.2 Å². The van der Waals surface area contributed by atoms with E-state index in [4.69, 9.17) is 5.11 Å². The monoisotopic (exact) mass is 228 g/mol. The largest absolute Gasteiger partial charge is 0.415 e. The van der Waals surface area contributed by atoms with Crippen molar-refractivity contribution in [3.05, 3.63) is 0 Å². The van der Waals surface area contributed by atoms with E-state index < -0.39 is 18.8 Å². The second kappa shape index (κ2) is 5.67. The number of hydrogen-bond acceptors (Lipinski definition) is 3. The van der Waals surface area contributed by atoms with Gasteiger partial charge in [-0.1, -0.05) is 0 Å². The summed E-state index contributed by atoms with van der Waals surface area (Å²) in [5.74, 6) is 0. The summed E-state index contributed by atoms with van der Waals surface area (Å²) in [6, 6.07) is 0. The molecule has 3 nitrogen and oxygen atoms in total. The third-order valence-corrected chi connectivity index (χ3v) is 1.67. The van der Waals surface area contributed by atoms with Gasteiger partial charge < -0.3 is 15.7 Å². The van der Waals surface area contributed by atoms with Crippen LogP contribution in [-0.2, 0) is 0 Å². The van der Waals surface area contributed by atoms with Crippen LogP contribution in [0, 0.1) is 0 Å². The summed E-state index contributed by atoms with van der Waals surface area (Å²) in [7, 11) is 0. The van der Waals surface area contributed by atoms with Gasteiger partial charge in [0.15, 0.2) is 6.10 Å². The lowest BCUT2D eigenvalue weighted by Gasteiger charge is -2.21. The van der Waals surface area contributed by atoms with E-state index in [1.807, 2.05) is 20.8 Å². The lowest BCUT2D eigenvalue weighted by Crippen LogP contribution is -2.43. The molecule has 15 heavy (non-hydrogen) atoms. The molecule has 0 amide bonds. The Hall–Kier alpha value is -0.330. The maximum atomic E-state index is 11.8. The first-order valence-electron chi connectivity index (χ1n) is 4.83. The highest BCUT2D eigenvalue weighted by atomic mass is 19.4. The molecule has 0 fully saturated rings. The number of rotatable bonds is 5. The van der Waals surface area contributed by atoms with E-state index >= 15 is 0 Å². The summed E-state index contributed by atoms with van der Waals surface area (Å²) < 4.78 is 35.5. The van der Waals surface area contributed by atoms with E-state index in [0.29, 0.717) is 13.1 Å². The van der Waals surface area contributed by atoms with Gasteiger partial charge in [0.1, 0.15) is 0 Å². The fourth-order valence-electron chi connectivity index (χ4n) is 0.880. The fourth-order valence-corrected chi connectivity index (χ4v) is 0.880. The maximum absolute atomic E-state index is 11.8. The van der Waals surface area contributed by atoms with Gasteiger partial charge in [-0.3, -0.25) is 0 Å². The van der Waals surface area contributed by atoms with Crippen molar-refractivity contribution < 1.29 is 18.3 Å². The summed E-state index contributed by atoms with van der Waals surface area (Å²) in [5, 5.41) is 14.3. The van der Waals surface area contributed by atoms with Gasteiger partial charge in [0.05, 0.1) is 0 Å². The zero-order valence-corrected chi connectivity index (χ0v) is 9.28. The molecule has 1 atom stereocenters. The smallest absolute Gasteiger partial charge is 0.382 e. The summed E-state index contributed by atoms with van der Waals surface area (Å²) in [4.78, 5) is 0. The Bertz CT molecular complexity index is 177. The molecule has 0 aromatic carbocycles. The number of aliphatic hydroxyl groups excluding tert-OH is 1. The number of hydrogen-bond donors (Lipinski definition) is 3. The molecular formula is C9H19F3N2O. The molecule has 0 heterocycles. The minimum absolute atomic E-state index is 0.0513. The zero-order valence-electron chi connectivity index (χ0n) is 9.28. The summed E-state index contributed by atoms with van der Waals surface area (Å²) >= 11 is 0. The molecule has 0 saturated carbocycles. The maximum Gasteiger partial charge on any atom is 0.415 e. The Morgan fingerprint density at radius 2 is 1.67 bits per heavy atom. The van der Waals surface area contributed by atoms with Gasteiger partial charge in [-0.15, -0.1) is 0 Å². The Labute approximate surface area is 88.0 Å². The molecule has 0 aliphatic heterocycles. The third-order valence-electron chi connectivity index (χ3n) is 1.67. The highest BCUT2D eigenvalue weighted by Crippen LogP contribution is 2.18. The van der Waals surface area contributed by atoms with Crippen LogP contribution in [0.5, 0.6) is 0 Å². The van der Waals surface area contributed by atoms with Gasteiger partial charge in [0.2, 0.25) is 0 Å². The molecule has 6 heteroatoms. The number of halogens is 3. The first kappa shape index (κ1) is 14.7. The molecule has 0 saturated heterocycles. The highest BCUT2D eigenvalue weighted by molar-refractivity contribution is 4.72. The third kappa shape index (κ3) is 8.65. The average molecular weight is 228 g/mol. The summed E-state index contributed by atoms with van der Waals surface area (Å²) in [6.45, 7) is 6.40. The van der Waals surface area contributed by atoms with Crippen molar-refractivity contribution in [1.29, 1.82) is 0 Å². The molecule has 0 aromatic heterocycles. The van der Waals surface area contributed by atoms with Crippen LogP contribution in [0.3, 0.4) is 0 Å². The molecule has 0 spiro atoms. The Balaban J connectivity index is 3.48. The lowest BCUT2D eigenvalue weighted by molar-refractivity contribution is -0.201. The minimum atomic E-state index is -4.54. The molecule has 0 rings (SSSR count). The van der Waals surface area contributed by atoms with Crippen molar-refractivity contribution >= 4 is 0 Å². The van der Waals surface area contributed by atoms with Crippen LogP contribution in [0.4, 0.5) is 13.2 Å². The van der Waals surface area contributed by atoms with Crippen LogP contribution >= 0.6 is 0 Å². The first-order chi connectivity index (χ1) is 6.63. The Kier molecular flexibility index (Phi) is 5.55. The van der Waals surface area contributed by atoms with Crippen molar-refractivity contribution in [2.24, 2.45) is 0 Å². The molecule has 92 valence electrons. The van der Waals surface area contributed by atoms with Crippen LogP contribution in [-0.4, -0.2) is 42.6 Å². The molecule has 3 N–H and O–H groups in total.